The van der Waals surface area contributed by atoms with Gasteiger partial charge in [-0.05, 0) is 77.9 Å². The quantitative estimate of drug-likeness (QED) is 0.0730. The Hall–Kier alpha value is -0.460. The van der Waals surface area contributed by atoms with Crippen LogP contribution in [0.15, 0.2) is 12.2 Å². The lowest BCUT2D eigenvalue weighted by Crippen LogP contribution is -2.45. The number of hydrogen-bond acceptors (Lipinski definition) is 5. The maximum absolute atomic E-state index is 6.26. The van der Waals surface area contributed by atoms with E-state index in [1.165, 1.54) is 89.9 Å². The maximum Gasteiger partial charge on any atom is 0.0533 e. The van der Waals surface area contributed by atoms with Crippen LogP contribution < -0.4 is 27.8 Å². The van der Waals surface area contributed by atoms with Gasteiger partial charge in [0.05, 0.1) is 6.17 Å². The smallest absolute Gasteiger partial charge is 0.0533 e. The van der Waals surface area contributed by atoms with Crippen molar-refractivity contribution in [3.05, 3.63) is 12.2 Å². The van der Waals surface area contributed by atoms with E-state index in [1.54, 1.807) is 0 Å². The van der Waals surface area contributed by atoms with E-state index in [1.807, 2.05) is 0 Å². The van der Waals surface area contributed by atoms with Gasteiger partial charge in [0.1, 0.15) is 0 Å². The molecular formula is C27H59N5. The maximum atomic E-state index is 6.26. The van der Waals surface area contributed by atoms with Crippen molar-refractivity contribution in [3.63, 3.8) is 0 Å². The second kappa shape index (κ2) is 25.2. The number of rotatable bonds is 25. The van der Waals surface area contributed by atoms with Gasteiger partial charge >= 0.3 is 0 Å². The minimum atomic E-state index is -0.239. The lowest BCUT2D eigenvalue weighted by molar-refractivity contribution is 0.413. The van der Waals surface area contributed by atoms with Crippen molar-refractivity contribution in [3.8, 4) is 0 Å². The van der Waals surface area contributed by atoms with Gasteiger partial charge in [0.2, 0.25) is 0 Å². The molecule has 2 unspecified atom stereocenters. The molecule has 0 aromatic heterocycles. The summed E-state index contributed by atoms with van der Waals surface area (Å²) in [6, 6.07) is 0.501. The van der Waals surface area contributed by atoms with Crippen LogP contribution in [0.4, 0.5) is 0 Å². The average Bonchev–Trinajstić information content (AvgIpc) is 2.77. The third-order valence-electron chi connectivity index (χ3n) is 6.34. The molecule has 0 heterocycles. The van der Waals surface area contributed by atoms with E-state index in [0.29, 0.717) is 6.04 Å². The molecule has 32 heavy (non-hydrogen) atoms. The molecule has 0 amide bonds. The zero-order valence-electron chi connectivity index (χ0n) is 21.8. The van der Waals surface area contributed by atoms with E-state index in [2.05, 4.69) is 36.6 Å². The Balaban J connectivity index is 3.25. The lowest BCUT2D eigenvalue weighted by Gasteiger charge is -2.21. The molecule has 0 radical (unpaired) electrons. The molecule has 0 aromatic carbocycles. The fourth-order valence-electron chi connectivity index (χ4n) is 3.96. The van der Waals surface area contributed by atoms with Crippen LogP contribution in [0.25, 0.3) is 0 Å². The molecule has 0 spiro atoms. The third-order valence-corrected chi connectivity index (χ3v) is 6.34. The van der Waals surface area contributed by atoms with Crippen LogP contribution in [0.1, 0.15) is 123 Å². The number of nitrogens with two attached hydrogens (primary N) is 3. The predicted octanol–water partition coefficient (Wildman–Crippen LogP) is 5.33. The van der Waals surface area contributed by atoms with Crippen LogP contribution >= 0.6 is 0 Å². The van der Waals surface area contributed by atoms with Gasteiger partial charge in [0.25, 0.3) is 0 Å². The summed E-state index contributed by atoms with van der Waals surface area (Å²) < 4.78 is 0. The first kappa shape index (κ1) is 31.5. The third kappa shape index (κ3) is 24.2. The molecule has 0 fully saturated rings. The van der Waals surface area contributed by atoms with Gasteiger partial charge in [-0.25, -0.2) is 0 Å². The SMILES string of the molecule is CCCCCCCC/C=C\CCCCCCCCNCCCC(N)C(C)NCCC(N)N. The highest BCUT2D eigenvalue weighted by Crippen LogP contribution is 2.09. The molecule has 2 atom stereocenters. The number of nitrogens with one attached hydrogen (secondary N) is 2. The molecule has 192 valence electrons. The van der Waals surface area contributed by atoms with Gasteiger partial charge in [-0.2, -0.15) is 0 Å². The van der Waals surface area contributed by atoms with Crippen LogP contribution in [0, 0.1) is 0 Å². The first-order valence-electron chi connectivity index (χ1n) is 13.9. The van der Waals surface area contributed by atoms with E-state index in [-0.39, 0.29) is 12.2 Å². The molecule has 0 bridgehead atoms. The first-order chi connectivity index (χ1) is 15.6. The van der Waals surface area contributed by atoms with Crippen molar-refractivity contribution in [2.24, 2.45) is 17.2 Å². The van der Waals surface area contributed by atoms with E-state index < -0.39 is 0 Å². The van der Waals surface area contributed by atoms with Crippen molar-refractivity contribution in [1.82, 2.24) is 10.6 Å². The summed E-state index contributed by atoms with van der Waals surface area (Å²) in [5.41, 5.74) is 17.4. The molecule has 8 N–H and O–H groups in total. The fraction of sp³-hybridized carbons (Fsp3) is 0.926. The van der Waals surface area contributed by atoms with E-state index in [0.717, 1.165) is 38.9 Å². The standard InChI is InChI=1S/C27H59N5/c1-3-4-5-6-7-8-9-10-11-12-13-14-15-16-17-18-22-31-23-19-20-26(28)25(2)32-24-21-27(29)30/h10-11,25-27,31-32H,3-9,12-24,28-30H2,1-2H3/b11-10-. The molecule has 0 rings (SSSR count). The molecule has 0 saturated carbocycles. The van der Waals surface area contributed by atoms with Crippen LogP contribution in [0.2, 0.25) is 0 Å². The zero-order valence-corrected chi connectivity index (χ0v) is 21.8. The molecule has 0 aliphatic carbocycles. The average molecular weight is 454 g/mol. The minimum absolute atomic E-state index is 0.191. The topological polar surface area (TPSA) is 102 Å². The molecule has 5 heteroatoms. The summed E-state index contributed by atoms with van der Waals surface area (Å²) in [4.78, 5) is 0. The summed E-state index contributed by atoms with van der Waals surface area (Å²) in [7, 11) is 0. The number of allylic oxidation sites excluding steroid dienone is 2. The number of unbranched alkanes of at least 4 members (excludes halogenated alkanes) is 12. The molecule has 0 aromatic rings. The second-order valence-electron chi connectivity index (χ2n) is 9.69. The van der Waals surface area contributed by atoms with Crippen molar-refractivity contribution in [2.75, 3.05) is 19.6 Å². The van der Waals surface area contributed by atoms with Crippen LogP contribution in [-0.2, 0) is 0 Å². The summed E-state index contributed by atoms with van der Waals surface area (Å²) in [6.45, 7) is 7.47. The Kier molecular flexibility index (Phi) is 24.8. The second-order valence-corrected chi connectivity index (χ2v) is 9.69. The summed E-state index contributed by atoms with van der Waals surface area (Å²) in [5, 5.41) is 6.99. The first-order valence-corrected chi connectivity index (χ1v) is 13.9. The highest BCUT2D eigenvalue weighted by molar-refractivity contribution is 4.81. The van der Waals surface area contributed by atoms with Crippen molar-refractivity contribution in [1.29, 1.82) is 0 Å². The van der Waals surface area contributed by atoms with Gasteiger partial charge in [-0.1, -0.05) is 76.9 Å². The molecule has 0 aliphatic heterocycles. The largest absolute Gasteiger partial charge is 0.326 e. The normalized spacial score (nSPS) is 13.9. The molecule has 5 nitrogen and oxygen atoms in total. The summed E-state index contributed by atoms with van der Waals surface area (Å²) >= 11 is 0. The molecular weight excluding hydrogens is 394 g/mol. The molecule has 0 saturated heterocycles. The van der Waals surface area contributed by atoms with E-state index in [4.69, 9.17) is 17.2 Å². The monoisotopic (exact) mass is 453 g/mol. The number of hydrogen-bond donors (Lipinski definition) is 5. The van der Waals surface area contributed by atoms with Crippen molar-refractivity contribution >= 4 is 0 Å². The fourth-order valence-corrected chi connectivity index (χ4v) is 3.96. The predicted molar refractivity (Wildman–Crippen MR) is 144 cm³/mol. The summed E-state index contributed by atoms with van der Waals surface area (Å²) in [5.74, 6) is 0. The zero-order chi connectivity index (χ0) is 23.7. The molecule has 0 aliphatic rings. The minimum Gasteiger partial charge on any atom is -0.326 e. The summed E-state index contributed by atoms with van der Waals surface area (Å²) in [6.07, 6.45) is 26.7. The van der Waals surface area contributed by atoms with Gasteiger partial charge in [-0.15, -0.1) is 0 Å². The van der Waals surface area contributed by atoms with Crippen LogP contribution in [0.5, 0.6) is 0 Å². The van der Waals surface area contributed by atoms with Crippen LogP contribution in [-0.4, -0.2) is 37.9 Å². The lowest BCUT2D eigenvalue weighted by atomic mass is 10.1. The highest BCUT2D eigenvalue weighted by atomic mass is 15.0. The Morgan fingerprint density at radius 3 is 1.75 bits per heavy atom. The van der Waals surface area contributed by atoms with Gasteiger partial charge < -0.3 is 27.8 Å². The van der Waals surface area contributed by atoms with Gasteiger partial charge in [0, 0.05) is 12.1 Å². The Bertz CT molecular complexity index is 386. The Morgan fingerprint density at radius 1 is 0.625 bits per heavy atom. The van der Waals surface area contributed by atoms with E-state index in [9.17, 15) is 0 Å². The van der Waals surface area contributed by atoms with Gasteiger partial charge in [0.15, 0.2) is 0 Å². The van der Waals surface area contributed by atoms with Crippen molar-refractivity contribution in [2.45, 2.75) is 141 Å². The van der Waals surface area contributed by atoms with Crippen molar-refractivity contribution < 1.29 is 0 Å². The Morgan fingerprint density at radius 2 is 1.16 bits per heavy atom. The highest BCUT2D eigenvalue weighted by Gasteiger charge is 2.11. The Labute approximate surface area is 201 Å². The van der Waals surface area contributed by atoms with E-state index >= 15 is 0 Å². The van der Waals surface area contributed by atoms with Crippen LogP contribution in [0.3, 0.4) is 0 Å². The van der Waals surface area contributed by atoms with Gasteiger partial charge in [-0.3, -0.25) is 0 Å².